The summed E-state index contributed by atoms with van der Waals surface area (Å²) in [6.45, 7) is 12.1. The molecule has 0 amide bonds. The third kappa shape index (κ3) is 7.35. The number of rotatable bonds is 10. The molecule has 0 aromatic heterocycles. The van der Waals surface area contributed by atoms with Gasteiger partial charge in [-0.3, -0.25) is 4.99 Å². The average Bonchev–Trinajstić information content (AvgIpc) is 2.60. The van der Waals surface area contributed by atoms with Crippen molar-refractivity contribution in [2.24, 2.45) is 4.99 Å². The molecule has 4 nitrogen and oxygen atoms in total. The van der Waals surface area contributed by atoms with Gasteiger partial charge < -0.3 is 15.4 Å². The maximum Gasteiger partial charge on any atom is 0.191 e. The Morgan fingerprint density at radius 3 is 2.38 bits per heavy atom. The van der Waals surface area contributed by atoms with Crippen molar-refractivity contribution in [2.75, 3.05) is 33.4 Å². The summed E-state index contributed by atoms with van der Waals surface area (Å²) in [5.74, 6) is 0.865. The fourth-order valence-corrected chi connectivity index (χ4v) is 2.50. The molecule has 0 saturated heterocycles. The Morgan fingerprint density at radius 1 is 1.08 bits per heavy atom. The lowest BCUT2D eigenvalue weighted by molar-refractivity contribution is 0.143. The van der Waals surface area contributed by atoms with Crippen molar-refractivity contribution in [2.45, 2.75) is 52.4 Å². The first-order valence-corrected chi connectivity index (χ1v) is 9.15. The molecule has 0 bridgehead atoms. The lowest BCUT2D eigenvalue weighted by Crippen LogP contribution is -2.43. The minimum Gasteiger partial charge on any atom is -0.382 e. The zero-order valence-electron chi connectivity index (χ0n) is 16.1. The molecule has 0 spiro atoms. The largest absolute Gasteiger partial charge is 0.382 e. The molecule has 0 aliphatic heterocycles. The van der Waals surface area contributed by atoms with Gasteiger partial charge in [-0.2, -0.15) is 0 Å². The van der Waals surface area contributed by atoms with Crippen molar-refractivity contribution in [3.8, 4) is 0 Å². The SMILES string of the molecule is CCOCCCCNC(=NC)NCC(C)(C)c1ccc(CC)cc1. The molecule has 1 aromatic rings. The van der Waals surface area contributed by atoms with Crippen molar-refractivity contribution in [3.63, 3.8) is 0 Å². The first kappa shape index (κ1) is 20.5. The summed E-state index contributed by atoms with van der Waals surface area (Å²) in [4.78, 5) is 4.31. The van der Waals surface area contributed by atoms with Gasteiger partial charge in [0.15, 0.2) is 5.96 Å². The summed E-state index contributed by atoms with van der Waals surface area (Å²) in [5.41, 5.74) is 2.78. The Morgan fingerprint density at radius 2 is 1.79 bits per heavy atom. The fraction of sp³-hybridized carbons (Fsp3) is 0.650. The molecular formula is C20H35N3O. The molecule has 1 aromatic carbocycles. The molecule has 0 fully saturated rings. The van der Waals surface area contributed by atoms with E-state index in [0.29, 0.717) is 0 Å². The zero-order valence-corrected chi connectivity index (χ0v) is 16.1. The minimum absolute atomic E-state index is 0.0544. The second-order valence-corrected chi connectivity index (χ2v) is 6.69. The van der Waals surface area contributed by atoms with Gasteiger partial charge in [0.25, 0.3) is 0 Å². The lowest BCUT2D eigenvalue weighted by Gasteiger charge is -2.27. The van der Waals surface area contributed by atoms with Gasteiger partial charge in [0.05, 0.1) is 0 Å². The molecule has 0 radical (unpaired) electrons. The highest BCUT2D eigenvalue weighted by molar-refractivity contribution is 5.79. The first-order valence-electron chi connectivity index (χ1n) is 9.15. The molecule has 136 valence electrons. The minimum atomic E-state index is 0.0544. The molecule has 0 aliphatic rings. The predicted octanol–water partition coefficient (Wildman–Crippen LogP) is 3.51. The third-order valence-corrected chi connectivity index (χ3v) is 4.28. The highest BCUT2D eigenvalue weighted by Gasteiger charge is 2.20. The van der Waals surface area contributed by atoms with Gasteiger partial charge in [-0.15, -0.1) is 0 Å². The number of aliphatic imine (C=N–C) groups is 1. The van der Waals surface area contributed by atoms with Crippen LogP contribution in [0.5, 0.6) is 0 Å². The van der Waals surface area contributed by atoms with Crippen LogP contribution >= 0.6 is 0 Å². The van der Waals surface area contributed by atoms with Crippen LogP contribution in [0.1, 0.15) is 51.7 Å². The van der Waals surface area contributed by atoms with Crippen LogP contribution in [0, 0.1) is 0 Å². The van der Waals surface area contributed by atoms with E-state index in [1.54, 1.807) is 0 Å². The number of benzene rings is 1. The summed E-state index contributed by atoms with van der Waals surface area (Å²) in [6.07, 6.45) is 3.24. The van der Waals surface area contributed by atoms with E-state index >= 15 is 0 Å². The van der Waals surface area contributed by atoms with Crippen molar-refractivity contribution < 1.29 is 4.74 Å². The number of hydrogen-bond donors (Lipinski definition) is 2. The van der Waals surface area contributed by atoms with Crippen molar-refractivity contribution >= 4 is 5.96 Å². The van der Waals surface area contributed by atoms with Gasteiger partial charge in [-0.1, -0.05) is 45.0 Å². The monoisotopic (exact) mass is 333 g/mol. The van der Waals surface area contributed by atoms with Crippen LogP contribution < -0.4 is 10.6 Å². The fourth-order valence-electron chi connectivity index (χ4n) is 2.50. The number of guanidine groups is 1. The van der Waals surface area contributed by atoms with E-state index < -0.39 is 0 Å². The molecule has 24 heavy (non-hydrogen) atoms. The molecule has 2 N–H and O–H groups in total. The topological polar surface area (TPSA) is 45.6 Å². The highest BCUT2D eigenvalue weighted by atomic mass is 16.5. The standard InChI is InChI=1S/C20H35N3O/c1-6-17-10-12-18(13-11-17)20(3,4)16-23-19(21-5)22-14-8-9-15-24-7-2/h10-13H,6-9,14-16H2,1-5H3,(H2,21,22,23). The van der Waals surface area contributed by atoms with E-state index in [0.717, 1.165) is 51.5 Å². The van der Waals surface area contributed by atoms with E-state index in [1.165, 1.54) is 11.1 Å². The summed E-state index contributed by atoms with van der Waals surface area (Å²) in [6, 6.07) is 8.93. The highest BCUT2D eigenvalue weighted by Crippen LogP contribution is 2.22. The van der Waals surface area contributed by atoms with Gasteiger partial charge in [0, 0.05) is 38.8 Å². The number of unbranched alkanes of at least 4 members (excludes halogenated alkanes) is 1. The van der Waals surface area contributed by atoms with Crippen LogP contribution in [0.3, 0.4) is 0 Å². The molecule has 0 aliphatic carbocycles. The molecule has 0 saturated carbocycles. The summed E-state index contributed by atoms with van der Waals surface area (Å²) < 4.78 is 5.35. The Kier molecular flexibility index (Phi) is 9.46. The second-order valence-electron chi connectivity index (χ2n) is 6.69. The smallest absolute Gasteiger partial charge is 0.191 e. The molecule has 0 unspecified atom stereocenters. The van der Waals surface area contributed by atoms with E-state index in [2.05, 4.69) is 60.7 Å². The number of nitrogens with one attached hydrogen (secondary N) is 2. The Bertz CT molecular complexity index is 480. The van der Waals surface area contributed by atoms with Crippen LogP contribution in [0.15, 0.2) is 29.3 Å². The van der Waals surface area contributed by atoms with Gasteiger partial charge in [-0.25, -0.2) is 0 Å². The van der Waals surface area contributed by atoms with Crippen LogP contribution in [0.4, 0.5) is 0 Å². The van der Waals surface area contributed by atoms with E-state index in [-0.39, 0.29) is 5.41 Å². The van der Waals surface area contributed by atoms with Gasteiger partial charge >= 0.3 is 0 Å². The van der Waals surface area contributed by atoms with Crippen LogP contribution in [0.2, 0.25) is 0 Å². The normalized spacial score (nSPS) is 12.3. The van der Waals surface area contributed by atoms with Crippen molar-refractivity contribution in [3.05, 3.63) is 35.4 Å². The Labute approximate surface area is 148 Å². The van der Waals surface area contributed by atoms with Gasteiger partial charge in [0.1, 0.15) is 0 Å². The van der Waals surface area contributed by atoms with E-state index in [9.17, 15) is 0 Å². The summed E-state index contributed by atoms with van der Waals surface area (Å²) in [7, 11) is 1.82. The van der Waals surface area contributed by atoms with E-state index in [1.807, 2.05) is 14.0 Å². The maximum atomic E-state index is 5.35. The van der Waals surface area contributed by atoms with Crippen molar-refractivity contribution in [1.82, 2.24) is 10.6 Å². The number of nitrogens with zero attached hydrogens (tertiary/aromatic N) is 1. The molecule has 0 atom stereocenters. The summed E-state index contributed by atoms with van der Waals surface area (Å²) in [5, 5.41) is 6.82. The predicted molar refractivity (Wildman–Crippen MR) is 104 cm³/mol. The quantitative estimate of drug-likeness (QED) is 0.391. The third-order valence-electron chi connectivity index (χ3n) is 4.28. The molecule has 4 heteroatoms. The number of hydrogen-bond acceptors (Lipinski definition) is 2. The number of aryl methyl sites for hydroxylation is 1. The lowest BCUT2D eigenvalue weighted by atomic mass is 9.84. The maximum absolute atomic E-state index is 5.35. The first-order chi connectivity index (χ1) is 11.5. The summed E-state index contributed by atoms with van der Waals surface area (Å²) >= 11 is 0. The molecule has 0 heterocycles. The molecule has 1 rings (SSSR count). The average molecular weight is 334 g/mol. The van der Waals surface area contributed by atoms with E-state index in [4.69, 9.17) is 4.74 Å². The number of ether oxygens (including phenoxy) is 1. The zero-order chi connectivity index (χ0) is 17.8. The van der Waals surface area contributed by atoms with Crippen LogP contribution in [-0.4, -0.2) is 39.3 Å². The second kappa shape index (κ2) is 11.1. The Balaban J connectivity index is 2.40. The Hall–Kier alpha value is -1.55. The molecular weight excluding hydrogens is 298 g/mol. The van der Waals surface area contributed by atoms with Gasteiger partial charge in [-0.05, 0) is 37.3 Å². The van der Waals surface area contributed by atoms with Crippen LogP contribution in [-0.2, 0) is 16.6 Å². The van der Waals surface area contributed by atoms with Gasteiger partial charge in [0.2, 0.25) is 0 Å². The van der Waals surface area contributed by atoms with Crippen LogP contribution in [0.25, 0.3) is 0 Å². The van der Waals surface area contributed by atoms with Crippen molar-refractivity contribution in [1.29, 1.82) is 0 Å².